The van der Waals surface area contributed by atoms with Crippen LogP contribution in [0.5, 0.6) is 11.5 Å². The summed E-state index contributed by atoms with van der Waals surface area (Å²) in [5.41, 5.74) is 4.06. The Morgan fingerprint density at radius 3 is 2.72 bits per heavy atom. The third-order valence-electron chi connectivity index (χ3n) is 3.79. The number of nitrogens with zero attached hydrogens (tertiary/aromatic N) is 2. The van der Waals surface area contributed by atoms with Gasteiger partial charge in [-0.05, 0) is 48.9 Å². The SMILES string of the molecule is COc1cc(/C=C/c2ccc3cc(C)ccc3n2)ccc1OCC#N. The molecule has 0 aliphatic heterocycles. The number of nitriles is 1. The summed E-state index contributed by atoms with van der Waals surface area (Å²) < 4.78 is 10.7. The van der Waals surface area contributed by atoms with Gasteiger partial charge in [0.1, 0.15) is 6.07 Å². The van der Waals surface area contributed by atoms with Crippen molar-refractivity contribution in [1.29, 1.82) is 5.26 Å². The molecule has 0 saturated heterocycles. The summed E-state index contributed by atoms with van der Waals surface area (Å²) in [5.74, 6) is 1.15. The third-order valence-corrected chi connectivity index (χ3v) is 3.79. The van der Waals surface area contributed by atoms with Gasteiger partial charge in [0.15, 0.2) is 18.1 Å². The smallest absolute Gasteiger partial charge is 0.174 e. The molecule has 0 radical (unpaired) electrons. The van der Waals surface area contributed by atoms with Crippen LogP contribution in [0.2, 0.25) is 0 Å². The average molecular weight is 330 g/mol. The molecular formula is C21H18N2O2. The first kappa shape index (κ1) is 16.5. The molecule has 0 atom stereocenters. The minimum atomic E-state index is -0.00791. The van der Waals surface area contributed by atoms with E-state index in [1.165, 1.54) is 5.56 Å². The lowest BCUT2D eigenvalue weighted by Gasteiger charge is -2.08. The molecule has 4 nitrogen and oxygen atoms in total. The van der Waals surface area contributed by atoms with E-state index in [9.17, 15) is 0 Å². The number of hydrogen-bond donors (Lipinski definition) is 0. The molecule has 0 bridgehead atoms. The molecule has 1 heterocycles. The van der Waals surface area contributed by atoms with Crippen molar-refractivity contribution >= 4 is 23.1 Å². The number of pyridine rings is 1. The molecule has 2 aromatic carbocycles. The van der Waals surface area contributed by atoms with Gasteiger partial charge in [-0.25, -0.2) is 4.98 Å². The second-order valence-electron chi connectivity index (χ2n) is 5.62. The number of methoxy groups -OCH3 is 1. The quantitative estimate of drug-likeness (QED) is 0.685. The van der Waals surface area contributed by atoms with Gasteiger partial charge in [0.2, 0.25) is 0 Å². The molecule has 0 aliphatic carbocycles. The Morgan fingerprint density at radius 2 is 1.92 bits per heavy atom. The number of rotatable bonds is 5. The van der Waals surface area contributed by atoms with Crippen molar-refractivity contribution in [3.05, 3.63) is 65.4 Å². The second kappa shape index (κ2) is 7.50. The Balaban J connectivity index is 1.84. The van der Waals surface area contributed by atoms with Gasteiger partial charge >= 0.3 is 0 Å². The third kappa shape index (κ3) is 3.96. The van der Waals surface area contributed by atoms with Crippen LogP contribution in [0.4, 0.5) is 0 Å². The number of aromatic nitrogens is 1. The number of hydrogen-bond acceptors (Lipinski definition) is 4. The van der Waals surface area contributed by atoms with Crippen molar-refractivity contribution in [1.82, 2.24) is 4.98 Å². The first-order chi connectivity index (χ1) is 12.2. The van der Waals surface area contributed by atoms with Gasteiger partial charge in [0, 0.05) is 5.39 Å². The van der Waals surface area contributed by atoms with E-state index in [2.05, 4.69) is 30.1 Å². The molecule has 124 valence electrons. The number of fused-ring (bicyclic) bond motifs is 1. The minimum absolute atomic E-state index is 0.00791. The van der Waals surface area contributed by atoms with Gasteiger partial charge in [-0.1, -0.05) is 29.8 Å². The van der Waals surface area contributed by atoms with Crippen LogP contribution in [0.15, 0.2) is 48.5 Å². The van der Waals surface area contributed by atoms with Crippen LogP contribution in [0.1, 0.15) is 16.8 Å². The molecular weight excluding hydrogens is 312 g/mol. The van der Waals surface area contributed by atoms with Crippen molar-refractivity contribution in [3.8, 4) is 17.6 Å². The lowest BCUT2D eigenvalue weighted by molar-refractivity contribution is 0.329. The molecule has 25 heavy (non-hydrogen) atoms. The summed E-state index contributed by atoms with van der Waals surface area (Å²) in [6.45, 7) is 2.07. The Labute approximate surface area is 147 Å². The van der Waals surface area contributed by atoms with E-state index in [-0.39, 0.29) is 6.61 Å². The zero-order chi connectivity index (χ0) is 17.6. The molecule has 3 aromatic rings. The highest BCUT2D eigenvalue weighted by Gasteiger charge is 2.04. The highest BCUT2D eigenvalue weighted by Crippen LogP contribution is 2.28. The summed E-state index contributed by atoms with van der Waals surface area (Å²) in [6, 6.07) is 17.8. The van der Waals surface area contributed by atoms with Crippen LogP contribution in [0, 0.1) is 18.3 Å². The van der Waals surface area contributed by atoms with E-state index in [0.29, 0.717) is 11.5 Å². The largest absolute Gasteiger partial charge is 0.493 e. The fourth-order valence-electron chi connectivity index (χ4n) is 2.55. The lowest BCUT2D eigenvalue weighted by Crippen LogP contribution is -1.96. The predicted molar refractivity (Wildman–Crippen MR) is 99.5 cm³/mol. The molecule has 0 unspecified atom stereocenters. The maximum absolute atomic E-state index is 8.61. The summed E-state index contributed by atoms with van der Waals surface area (Å²) in [5, 5.41) is 9.75. The van der Waals surface area contributed by atoms with Gasteiger partial charge in [0.05, 0.1) is 18.3 Å². The molecule has 4 heteroatoms. The van der Waals surface area contributed by atoms with Gasteiger partial charge < -0.3 is 9.47 Å². The lowest BCUT2D eigenvalue weighted by atomic mass is 10.1. The highest BCUT2D eigenvalue weighted by atomic mass is 16.5. The van der Waals surface area contributed by atoms with E-state index >= 15 is 0 Å². The Kier molecular flexibility index (Phi) is 4.96. The molecule has 3 rings (SSSR count). The standard InChI is InChI=1S/C21H18N2O2/c1-15-3-9-19-17(13-15)6-8-18(23-19)7-4-16-5-10-20(25-12-11-22)21(14-16)24-2/h3-10,13-14H,12H2,1-2H3/b7-4+. The molecule has 0 N–H and O–H groups in total. The molecule has 0 amide bonds. The van der Waals surface area contributed by atoms with Crippen LogP contribution in [-0.4, -0.2) is 18.7 Å². The summed E-state index contributed by atoms with van der Waals surface area (Å²) >= 11 is 0. The van der Waals surface area contributed by atoms with Crippen molar-refractivity contribution in [2.75, 3.05) is 13.7 Å². The normalized spacial score (nSPS) is 10.8. The van der Waals surface area contributed by atoms with E-state index < -0.39 is 0 Å². The van der Waals surface area contributed by atoms with Crippen molar-refractivity contribution < 1.29 is 9.47 Å². The Hall–Kier alpha value is -3.32. The van der Waals surface area contributed by atoms with E-state index in [1.807, 2.05) is 42.5 Å². The molecule has 0 saturated carbocycles. The summed E-state index contributed by atoms with van der Waals surface area (Å²) in [7, 11) is 1.58. The second-order valence-corrected chi connectivity index (χ2v) is 5.62. The first-order valence-electron chi connectivity index (χ1n) is 7.93. The van der Waals surface area contributed by atoms with Gasteiger partial charge in [-0.2, -0.15) is 5.26 Å². The molecule has 0 spiro atoms. The first-order valence-corrected chi connectivity index (χ1v) is 7.93. The van der Waals surface area contributed by atoms with Crippen LogP contribution >= 0.6 is 0 Å². The monoisotopic (exact) mass is 330 g/mol. The van der Waals surface area contributed by atoms with Gasteiger partial charge in [0.25, 0.3) is 0 Å². The number of aryl methyl sites for hydroxylation is 1. The van der Waals surface area contributed by atoms with Crippen LogP contribution in [-0.2, 0) is 0 Å². The average Bonchev–Trinajstić information content (AvgIpc) is 2.64. The van der Waals surface area contributed by atoms with E-state index in [4.69, 9.17) is 14.7 Å². The van der Waals surface area contributed by atoms with E-state index in [0.717, 1.165) is 22.2 Å². The topological polar surface area (TPSA) is 55.1 Å². The summed E-state index contributed by atoms with van der Waals surface area (Å²) in [6.07, 6.45) is 3.93. The van der Waals surface area contributed by atoms with Crippen LogP contribution in [0.3, 0.4) is 0 Å². The zero-order valence-corrected chi connectivity index (χ0v) is 14.2. The Morgan fingerprint density at radius 1 is 1.04 bits per heavy atom. The highest BCUT2D eigenvalue weighted by molar-refractivity contribution is 5.81. The van der Waals surface area contributed by atoms with Crippen molar-refractivity contribution in [2.45, 2.75) is 6.92 Å². The maximum atomic E-state index is 8.61. The fourth-order valence-corrected chi connectivity index (χ4v) is 2.55. The molecule has 0 fully saturated rings. The number of ether oxygens (including phenoxy) is 2. The van der Waals surface area contributed by atoms with E-state index in [1.54, 1.807) is 13.2 Å². The van der Waals surface area contributed by atoms with Crippen LogP contribution in [0.25, 0.3) is 23.1 Å². The fraction of sp³-hybridized carbons (Fsp3) is 0.143. The Bertz CT molecular complexity index is 971. The van der Waals surface area contributed by atoms with Crippen molar-refractivity contribution in [3.63, 3.8) is 0 Å². The van der Waals surface area contributed by atoms with Gasteiger partial charge in [-0.15, -0.1) is 0 Å². The minimum Gasteiger partial charge on any atom is -0.493 e. The van der Waals surface area contributed by atoms with Gasteiger partial charge in [-0.3, -0.25) is 0 Å². The predicted octanol–water partition coefficient (Wildman–Crippen LogP) is 4.62. The summed E-state index contributed by atoms with van der Waals surface area (Å²) in [4.78, 5) is 4.65. The van der Waals surface area contributed by atoms with Crippen LogP contribution < -0.4 is 9.47 Å². The maximum Gasteiger partial charge on any atom is 0.174 e. The molecule has 0 aliphatic rings. The van der Waals surface area contributed by atoms with Crippen molar-refractivity contribution in [2.24, 2.45) is 0 Å². The molecule has 1 aromatic heterocycles. The number of benzene rings is 2. The zero-order valence-electron chi connectivity index (χ0n) is 14.2.